The average molecular weight is 760 g/mol. The van der Waals surface area contributed by atoms with Crippen molar-refractivity contribution in [1.82, 2.24) is 0 Å². The molecule has 0 saturated heterocycles. The number of benzene rings is 8. The van der Waals surface area contributed by atoms with Gasteiger partial charge in [0, 0.05) is 28.2 Å². The zero-order chi connectivity index (χ0) is 39.8. The highest BCUT2D eigenvalue weighted by atomic mass is 16.3. The van der Waals surface area contributed by atoms with Crippen molar-refractivity contribution < 1.29 is 4.42 Å². The van der Waals surface area contributed by atoms with Crippen LogP contribution in [0.4, 0.5) is 17.1 Å². The Morgan fingerprint density at radius 3 is 1.83 bits per heavy atom. The first kappa shape index (κ1) is 34.4. The third kappa shape index (κ3) is 4.07. The summed E-state index contributed by atoms with van der Waals surface area (Å²) < 4.78 is 6.76. The number of furan rings is 1. The largest absolute Gasteiger partial charge is 0.456 e. The topological polar surface area (TPSA) is 16.4 Å². The standard InChI is InChI=1S/C55H39NO.C2H6/c1-53(2)50(34-19-8-5-9-20-34)39-24-16-27-46-51(39)54(53,3)44-29-35(33-17-6-4-7-18-33)30-45-52(44)56(46)47-32-49-40(38-23-12-15-28-48(38)57-49)31-43(47)55(45)41-25-13-10-21-36(41)37-22-11-14-26-42(37)55;1-2/h4-32,50H,1-3H3;1-2H3. The Hall–Kier alpha value is -6.64. The van der Waals surface area contributed by atoms with Crippen molar-refractivity contribution >= 4 is 39.0 Å². The summed E-state index contributed by atoms with van der Waals surface area (Å²) >= 11 is 0. The lowest BCUT2D eigenvalue weighted by atomic mass is 9.55. The number of nitrogens with zero attached hydrogens (tertiary/aromatic N) is 1. The summed E-state index contributed by atoms with van der Waals surface area (Å²) in [5.41, 5.74) is 20.5. The van der Waals surface area contributed by atoms with Crippen LogP contribution < -0.4 is 4.90 Å². The van der Waals surface area contributed by atoms with E-state index in [2.05, 4.69) is 202 Å². The second-order valence-electron chi connectivity index (χ2n) is 17.4. The first-order chi connectivity index (χ1) is 28.9. The van der Waals surface area contributed by atoms with E-state index in [1.54, 1.807) is 0 Å². The highest BCUT2D eigenvalue weighted by Gasteiger charge is 2.63. The van der Waals surface area contributed by atoms with Crippen LogP contribution in [0.2, 0.25) is 0 Å². The first-order valence-corrected chi connectivity index (χ1v) is 21.3. The molecular formula is C57H45NO. The average Bonchev–Trinajstić information content (AvgIpc) is 3.86. The van der Waals surface area contributed by atoms with E-state index < -0.39 is 5.41 Å². The summed E-state index contributed by atoms with van der Waals surface area (Å²) in [5.74, 6) is 0.204. The molecule has 2 unspecified atom stereocenters. The molecule has 8 aromatic carbocycles. The van der Waals surface area contributed by atoms with E-state index in [1.807, 2.05) is 13.8 Å². The molecule has 0 radical (unpaired) electrons. The molecule has 4 aliphatic rings. The van der Waals surface area contributed by atoms with Crippen molar-refractivity contribution in [3.05, 3.63) is 220 Å². The Morgan fingerprint density at radius 1 is 0.475 bits per heavy atom. The quantitative estimate of drug-likeness (QED) is 0.175. The van der Waals surface area contributed by atoms with Crippen LogP contribution in [-0.2, 0) is 10.8 Å². The summed E-state index contributed by atoms with van der Waals surface area (Å²) in [6, 6.07) is 66.2. The van der Waals surface area contributed by atoms with Gasteiger partial charge in [-0.2, -0.15) is 0 Å². The molecule has 284 valence electrons. The van der Waals surface area contributed by atoms with E-state index in [0.29, 0.717) is 0 Å². The maximum Gasteiger partial charge on any atom is 0.137 e. The maximum atomic E-state index is 6.76. The predicted molar refractivity (Wildman–Crippen MR) is 245 cm³/mol. The molecule has 9 aromatic rings. The first-order valence-electron chi connectivity index (χ1n) is 21.3. The van der Waals surface area contributed by atoms with Crippen LogP contribution in [0.1, 0.15) is 85.0 Å². The second kappa shape index (κ2) is 12.0. The van der Waals surface area contributed by atoms with E-state index >= 15 is 0 Å². The van der Waals surface area contributed by atoms with Crippen molar-refractivity contribution in [1.29, 1.82) is 0 Å². The van der Waals surface area contributed by atoms with Gasteiger partial charge in [0.15, 0.2) is 0 Å². The molecule has 1 spiro atoms. The van der Waals surface area contributed by atoms with Crippen LogP contribution in [0.15, 0.2) is 180 Å². The van der Waals surface area contributed by atoms with E-state index in [1.165, 1.54) is 83.8 Å². The molecule has 2 aliphatic heterocycles. The number of rotatable bonds is 2. The van der Waals surface area contributed by atoms with Crippen LogP contribution in [0.25, 0.3) is 44.2 Å². The lowest BCUT2D eigenvalue weighted by Crippen LogP contribution is -2.45. The fourth-order valence-electron chi connectivity index (χ4n) is 12.2. The third-order valence-electron chi connectivity index (χ3n) is 14.7. The van der Waals surface area contributed by atoms with Gasteiger partial charge in [-0.3, -0.25) is 0 Å². The van der Waals surface area contributed by atoms with Gasteiger partial charge in [0.2, 0.25) is 0 Å². The number of para-hydroxylation sites is 1. The Labute approximate surface area is 346 Å². The molecule has 1 aromatic heterocycles. The number of anilines is 3. The molecule has 0 bridgehead atoms. The van der Waals surface area contributed by atoms with Gasteiger partial charge in [0.05, 0.1) is 22.5 Å². The molecule has 3 heterocycles. The molecule has 2 heteroatoms. The van der Waals surface area contributed by atoms with Gasteiger partial charge in [-0.1, -0.05) is 174 Å². The fraction of sp³-hybridized carbons (Fsp3) is 0.158. The highest BCUT2D eigenvalue weighted by Crippen LogP contribution is 2.74. The Kier molecular flexibility index (Phi) is 6.97. The normalized spacial score (nSPS) is 19.1. The van der Waals surface area contributed by atoms with Gasteiger partial charge < -0.3 is 9.32 Å². The van der Waals surface area contributed by atoms with E-state index in [9.17, 15) is 0 Å². The third-order valence-corrected chi connectivity index (χ3v) is 14.7. The zero-order valence-electron chi connectivity index (χ0n) is 34.2. The smallest absolute Gasteiger partial charge is 0.137 e. The monoisotopic (exact) mass is 759 g/mol. The summed E-state index contributed by atoms with van der Waals surface area (Å²) in [6.45, 7) is 11.6. The lowest BCUT2D eigenvalue weighted by molar-refractivity contribution is 0.219. The van der Waals surface area contributed by atoms with E-state index in [0.717, 1.165) is 21.9 Å². The number of fused-ring (bicyclic) bond motifs is 14. The molecule has 0 saturated carbocycles. The summed E-state index contributed by atoms with van der Waals surface area (Å²) in [4.78, 5) is 2.64. The van der Waals surface area contributed by atoms with Gasteiger partial charge in [-0.15, -0.1) is 0 Å². The Morgan fingerprint density at radius 2 is 1.10 bits per heavy atom. The van der Waals surface area contributed by atoms with Gasteiger partial charge in [0.25, 0.3) is 0 Å². The van der Waals surface area contributed by atoms with Crippen molar-refractivity contribution in [3.8, 4) is 22.3 Å². The molecule has 0 amide bonds. The highest BCUT2D eigenvalue weighted by molar-refractivity contribution is 6.10. The maximum absolute atomic E-state index is 6.76. The minimum absolute atomic E-state index is 0.177. The molecule has 2 atom stereocenters. The van der Waals surface area contributed by atoms with Crippen LogP contribution in [0.5, 0.6) is 0 Å². The Bertz CT molecular complexity index is 3140. The number of hydrogen-bond acceptors (Lipinski definition) is 2. The molecule has 2 aliphatic carbocycles. The van der Waals surface area contributed by atoms with Crippen molar-refractivity contribution in [2.45, 2.75) is 51.4 Å². The molecule has 2 nitrogen and oxygen atoms in total. The second-order valence-corrected chi connectivity index (χ2v) is 17.4. The van der Waals surface area contributed by atoms with Gasteiger partial charge in [-0.25, -0.2) is 0 Å². The number of hydrogen-bond donors (Lipinski definition) is 0. The summed E-state index contributed by atoms with van der Waals surface area (Å²) in [7, 11) is 0. The zero-order valence-corrected chi connectivity index (χ0v) is 34.2. The van der Waals surface area contributed by atoms with Gasteiger partial charge in [-0.05, 0) is 103 Å². The van der Waals surface area contributed by atoms with Crippen LogP contribution in [0, 0.1) is 5.41 Å². The minimum atomic E-state index is -0.590. The van der Waals surface area contributed by atoms with Crippen molar-refractivity contribution in [2.24, 2.45) is 5.41 Å². The fourth-order valence-corrected chi connectivity index (χ4v) is 12.2. The van der Waals surface area contributed by atoms with Crippen molar-refractivity contribution in [3.63, 3.8) is 0 Å². The molecular weight excluding hydrogens is 715 g/mol. The molecule has 0 N–H and O–H groups in total. The Balaban J connectivity index is 0.00000186. The molecule has 13 rings (SSSR count). The van der Waals surface area contributed by atoms with Gasteiger partial charge in [0.1, 0.15) is 11.2 Å². The van der Waals surface area contributed by atoms with E-state index in [4.69, 9.17) is 4.42 Å². The van der Waals surface area contributed by atoms with Crippen LogP contribution >= 0.6 is 0 Å². The van der Waals surface area contributed by atoms with Crippen LogP contribution in [0.3, 0.4) is 0 Å². The van der Waals surface area contributed by atoms with Crippen LogP contribution in [-0.4, -0.2) is 0 Å². The summed E-state index contributed by atoms with van der Waals surface area (Å²) in [6.07, 6.45) is 0. The van der Waals surface area contributed by atoms with Crippen molar-refractivity contribution in [2.75, 3.05) is 4.90 Å². The molecule has 59 heavy (non-hydrogen) atoms. The SMILES string of the molecule is CC.CC12c3cc(-c4ccccc4)cc4c3N(c3cc5oc6ccccc6c5cc3C43c4ccccc4-c4ccccc43)c3cccc(c31)C(c1ccccc1)C2(C)C. The molecule has 0 fully saturated rings. The lowest BCUT2D eigenvalue weighted by Gasteiger charge is -2.54. The summed E-state index contributed by atoms with van der Waals surface area (Å²) in [5, 5.41) is 2.30. The van der Waals surface area contributed by atoms with E-state index in [-0.39, 0.29) is 16.7 Å². The predicted octanol–water partition coefficient (Wildman–Crippen LogP) is 15.2. The van der Waals surface area contributed by atoms with Gasteiger partial charge >= 0.3 is 0 Å². The minimum Gasteiger partial charge on any atom is -0.456 e.